The average molecular weight is 1420 g/mol. The highest BCUT2D eigenvalue weighted by Crippen LogP contribution is 2.45. The van der Waals surface area contributed by atoms with Gasteiger partial charge in [-0.1, -0.05) is 277 Å². The number of hydrogen-bond donors (Lipinski definition) is 3. The fourth-order valence-corrected chi connectivity index (χ4v) is 11.1. The first kappa shape index (κ1) is 93.2. The molecule has 0 aromatic heterocycles. The third-order valence-electron chi connectivity index (χ3n) is 15.1. The highest BCUT2D eigenvalue weighted by Gasteiger charge is 2.30. The molecule has 0 aromatic rings. The van der Waals surface area contributed by atoms with Crippen LogP contribution in [0.1, 0.15) is 285 Å². The monoisotopic (exact) mass is 1410 g/mol. The molecule has 19 heteroatoms. The number of rotatable bonds is 69. The highest BCUT2D eigenvalue weighted by atomic mass is 31.2. The minimum atomic E-state index is -5.00. The number of carbonyl (C=O) groups excluding carboxylic acids is 4. The summed E-state index contributed by atoms with van der Waals surface area (Å²) >= 11 is 0. The average Bonchev–Trinajstić information content (AvgIpc) is 0.983. The van der Waals surface area contributed by atoms with Crippen molar-refractivity contribution >= 4 is 39.5 Å². The number of phosphoric ester groups is 2. The van der Waals surface area contributed by atoms with Gasteiger partial charge >= 0.3 is 39.5 Å². The van der Waals surface area contributed by atoms with Crippen molar-refractivity contribution in [2.24, 2.45) is 0 Å². The predicted molar refractivity (Wildman–Crippen MR) is 399 cm³/mol. The molecule has 98 heavy (non-hydrogen) atoms. The van der Waals surface area contributed by atoms with E-state index >= 15 is 0 Å². The van der Waals surface area contributed by atoms with Gasteiger partial charge in [0.1, 0.15) is 19.3 Å². The normalized spacial score (nSPS) is 14.7. The van der Waals surface area contributed by atoms with E-state index in [2.05, 4.69) is 137 Å². The maximum atomic E-state index is 13.1. The number of carbonyl (C=O) groups is 4. The van der Waals surface area contributed by atoms with Crippen molar-refractivity contribution in [2.45, 2.75) is 303 Å². The van der Waals surface area contributed by atoms with E-state index < -0.39 is 97.5 Å². The molecule has 17 nitrogen and oxygen atoms in total. The van der Waals surface area contributed by atoms with Crippen molar-refractivity contribution < 1.29 is 80.2 Å². The standard InChI is InChI=1S/C79H132O17P2/c1-5-9-13-17-21-25-29-32-34-35-36-37-39-42-45-48-52-56-60-64-77(82)89-69-74(95-78(83)65-61-57-53-49-43-28-24-20-16-12-8-4)71-93-97(85,86)91-67-73(80)68-92-98(87,88)94-72-75(96-79(84)66-62-58-54-50-46-40-31-27-23-19-15-11-7-3)70-90-76(81)63-59-55-51-47-44-41-38-33-30-26-22-18-14-10-6-2/h9-10,13-15,19,21-22,25-27,31-34,36-38,44,47,55,59,73-75,80H,5-8,11-12,16-18,20,23-24,28-30,35,39-43,45-46,48-54,56-58,60-72H2,1-4H3,(H,85,86)(H,87,88)/b13-9-,14-10-,19-15-,25-21-,26-22-,31-27-,34-32-,37-36-,38-33-,47-44-,59-55-. The Bertz CT molecular complexity index is 2380. The molecule has 5 unspecified atom stereocenters. The lowest BCUT2D eigenvalue weighted by Crippen LogP contribution is -2.30. The molecule has 0 spiro atoms. The molecule has 0 saturated heterocycles. The lowest BCUT2D eigenvalue weighted by atomic mass is 10.1. The molecule has 0 amide bonds. The van der Waals surface area contributed by atoms with Crippen LogP contribution in [0.15, 0.2) is 134 Å². The number of aliphatic hydroxyl groups excluding tert-OH is 1. The molecular formula is C79H132O17P2. The van der Waals surface area contributed by atoms with Crippen molar-refractivity contribution in [3.63, 3.8) is 0 Å². The van der Waals surface area contributed by atoms with Gasteiger partial charge < -0.3 is 33.8 Å². The molecule has 0 fully saturated rings. The summed E-state index contributed by atoms with van der Waals surface area (Å²) in [6.07, 6.45) is 77.7. The summed E-state index contributed by atoms with van der Waals surface area (Å²) in [6.45, 7) is 4.41. The van der Waals surface area contributed by atoms with Gasteiger partial charge in [0.25, 0.3) is 0 Å². The summed E-state index contributed by atoms with van der Waals surface area (Å²) in [5.74, 6) is -2.36. The third kappa shape index (κ3) is 69.7. The van der Waals surface area contributed by atoms with Crippen molar-refractivity contribution in [3.05, 3.63) is 134 Å². The molecule has 0 aliphatic carbocycles. The number of allylic oxidation sites excluding steroid dienone is 21. The Morgan fingerprint density at radius 3 is 0.949 bits per heavy atom. The van der Waals surface area contributed by atoms with Crippen molar-refractivity contribution in [1.82, 2.24) is 0 Å². The minimum absolute atomic E-state index is 0.0565. The Morgan fingerprint density at radius 1 is 0.306 bits per heavy atom. The first-order chi connectivity index (χ1) is 47.7. The zero-order valence-electron chi connectivity index (χ0n) is 60.9. The Morgan fingerprint density at radius 2 is 0.592 bits per heavy atom. The van der Waals surface area contributed by atoms with Crippen LogP contribution in [0.25, 0.3) is 0 Å². The number of esters is 4. The lowest BCUT2D eigenvalue weighted by Gasteiger charge is -2.21. The molecule has 5 atom stereocenters. The summed E-state index contributed by atoms with van der Waals surface area (Å²) in [7, 11) is -9.98. The first-order valence-electron chi connectivity index (χ1n) is 37.4. The summed E-state index contributed by atoms with van der Waals surface area (Å²) in [6, 6.07) is 0. The number of ether oxygens (including phenoxy) is 4. The topological polar surface area (TPSA) is 237 Å². The van der Waals surface area contributed by atoms with Crippen LogP contribution >= 0.6 is 15.6 Å². The number of aliphatic hydroxyl groups is 1. The van der Waals surface area contributed by atoms with Gasteiger partial charge in [0.05, 0.1) is 32.8 Å². The maximum absolute atomic E-state index is 13.1. The van der Waals surface area contributed by atoms with E-state index in [4.69, 9.17) is 37.0 Å². The van der Waals surface area contributed by atoms with Crippen LogP contribution in [0, 0.1) is 0 Å². The Hall–Kier alpha value is -4.80. The van der Waals surface area contributed by atoms with Gasteiger partial charge in [-0.3, -0.25) is 37.3 Å². The smallest absolute Gasteiger partial charge is 0.462 e. The van der Waals surface area contributed by atoms with E-state index in [9.17, 15) is 43.2 Å². The second-order valence-corrected chi connectivity index (χ2v) is 27.4. The first-order valence-corrected chi connectivity index (χ1v) is 40.4. The number of unbranched alkanes of at least 4 members (excludes halogenated alkanes) is 22. The van der Waals surface area contributed by atoms with Gasteiger partial charge in [-0.05, 0) is 116 Å². The van der Waals surface area contributed by atoms with Crippen molar-refractivity contribution in [1.29, 1.82) is 0 Å². The second kappa shape index (κ2) is 70.6. The molecule has 0 radical (unpaired) electrons. The highest BCUT2D eigenvalue weighted by molar-refractivity contribution is 7.47. The molecule has 0 bridgehead atoms. The fraction of sp³-hybridized carbons (Fsp3) is 0.671. The molecule has 0 rings (SSSR count). The molecule has 0 heterocycles. The number of hydrogen-bond acceptors (Lipinski definition) is 15. The molecule has 560 valence electrons. The summed E-state index contributed by atoms with van der Waals surface area (Å²) in [5, 5.41) is 10.6. The van der Waals surface area contributed by atoms with Crippen LogP contribution in [-0.2, 0) is 65.4 Å². The maximum Gasteiger partial charge on any atom is 0.472 e. The lowest BCUT2D eigenvalue weighted by molar-refractivity contribution is -0.161. The summed E-state index contributed by atoms with van der Waals surface area (Å²) in [5.41, 5.74) is 0. The predicted octanol–water partition coefficient (Wildman–Crippen LogP) is 21.3. The summed E-state index contributed by atoms with van der Waals surface area (Å²) in [4.78, 5) is 72.7. The van der Waals surface area contributed by atoms with Gasteiger partial charge in [-0.25, -0.2) is 9.13 Å². The minimum Gasteiger partial charge on any atom is -0.462 e. The molecular weight excluding hydrogens is 1280 g/mol. The van der Waals surface area contributed by atoms with E-state index in [1.165, 1.54) is 38.5 Å². The van der Waals surface area contributed by atoms with Crippen LogP contribution in [-0.4, -0.2) is 96.7 Å². The van der Waals surface area contributed by atoms with Crippen LogP contribution < -0.4 is 0 Å². The van der Waals surface area contributed by atoms with Gasteiger partial charge in [-0.15, -0.1) is 0 Å². The van der Waals surface area contributed by atoms with Gasteiger partial charge in [0.2, 0.25) is 0 Å². The van der Waals surface area contributed by atoms with Crippen molar-refractivity contribution in [2.75, 3.05) is 39.6 Å². The Balaban J connectivity index is 5.38. The molecule has 0 aromatic carbocycles. The SMILES string of the molecule is CC/C=C\C/C=C\C/C=C\C/C=C\C/C=C\CC(=O)OCC(COP(=O)(O)OCC(O)COP(=O)(O)OCC(COC(=O)CCCCCCCC/C=C\C/C=C\C/C=C\C/C=C\CC)OC(=O)CCCCCCCCCCCCC)OC(=O)CCCCCCC/C=C\C/C=C\CCC. The zero-order valence-corrected chi connectivity index (χ0v) is 62.7. The summed E-state index contributed by atoms with van der Waals surface area (Å²) < 4.78 is 68.2. The van der Waals surface area contributed by atoms with Gasteiger partial charge in [0, 0.05) is 19.3 Å². The van der Waals surface area contributed by atoms with Crippen LogP contribution in [0.3, 0.4) is 0 Å². The second-order valence-electron chi connectivity index (χ2n) is 24.5. The Kier molecular flexibility index (Phi) is 67.2. The van der Waals surface area contributed by atoms with E-state index in [1.807, 2.05) is 18.2 Å². The fourth-order valence-electron chi connectivity index (χ4n) is 9.50. The molecule has 0 aliphatic heterocycles. The van der Waals surface area contributed by atoms with E-state index in [0.717, 1.165) is 167 Å². The van der Waals surface area contributed by atoms with Gasteiger partial charge in [0.15, 0.2) is 12.2 Å². The van der Waals surface area contributed by atoms with E-state index in [1.54, 1.807) is 6.08 Å². The Labute approximate surface area is 593 Å². The third-order valence-corrected chi connectivity index (χ3v) is 17.0. The van der Waals surface area contributed by atoms with Gasteiger partial charge in [-0.2, -0.15) is 0 Å². The van der Waals surface area contributed by atoms with Crippen LogP contribution in [0.2, 0.25) is 0 Å². The quantitative estimate of drug-likeness (QED) is 0.0169. The molecule has 3 N–H and O–H groups in total. The van der Waals surface area contributed by atoms with E-state index in [-0.39, 0.29) is 25.7 Å². The van der Waals surface area contributed by atoms with E-state index in [0.29, 0.717) is 25.7 Å². The number of phosphoric acid groups is 2. The van der Waals surface area contributed by atoms with Crippen molar-refractivity contribution in [3.8, 4) is 0 Å². The molecule has 0 aliphatic rings. The zero-order chi connectivity index (χ0) is 71.8. The largest absolute Gasteiger partial charge is 0.472 e. The molecule has 0 saturated carbocycles. The van der Waals surface area contributed by atoms with Crippen LogP contribution in [0.5, 0.6) is 0 Å². The van der Waals surface area contributed by atoms with Crippen LogP contribution in [0.4, 0.5) is 0 Å².